The van der Waals surface area contributed by atoms with Crippen LogP contribution in [0.1, 0.15) is 18.5 Å². The molecule has 0 spiro atoms. The van der Waals surface area contributed by atoms with E-state index in [1.165, 1.54) is 39.5 Å². The quantitative estimate of drug-likeness (QED) is 0.656. The molecule has 31 heavy (non-hydrogen) atoms. The Labute approximate surface area is 181 Å². The van der Waals surface area contributed by atoms with Crippen molar-refractivity contribution in [2.24, 2.45) is 0 Å². The van der Waals surface area contributed by atoms with Gasteiger partial charge in [0, 0.05) is 13.1 Å². The largest absolute Gasteiger partial charge is 0.493 e. The number of hydrogen-bond acceptors (Lipinski definition) is 7. The molecule has 0 aliphatic carbocycles. The number of benzene rings is 2. The molecule has 0 bridgehead atoms. The Hall–Kier alpha value is -2.98. The first-order chi connectivity index (χ1) is 14.8. The van der Waals surface area contributed by atoms with Crippen molar-refractivity contribution in [2.45, 2.75) is 17.9 Å². The molecule has 3 rings (SSSR count). The molecule has 1 aliphatic heterocycles. The fraction of sp³-hybridized carbons (Fsp3) is 0.381. The van der Waals surface area contributed by atoms with E-state index < -0.39 is 15.9 Å². The summed E-state index contributed by atoms with van der Waals surface area (Å²) in [4.78, 5) is 12.5. The molecule has 168 valence electrons. The van der Waals surface area contributed by atoms with Gasteiger partial charge in [0.1, 0.15) is 13.2 Å². The Morgan fingerprint density at radius 2 is 1.74 bits per heavy atom. The Kier molecular flexibility index (Phi) is 6.91. The van der Waals surface area contributed by atoms with Gasteiger partial charge in [-0.25, -0.2) is 8.42 Å². The second kappa shape index (κ2) is 9.44. The van der Waals surface area contributed by atoms with Crippen LogP contribution in [0.2, 0.25) is 0 Å². The molecule has 1 atom stereocenters. The summed E-state index contributed by atoms with van der Waals surface area (Å²) in [5, 5.41) is 2.81. The van der Waals surface area contributed by atoms with Crippen LogP contribution in [0.25, 0.3) is 0 Å². The summed E-state index contributed by atoms with van der Waals surface area (Å²) in [7, 11) is 0.329. The molecule has 1 aliphatic rings. The summed E-state index contributed by atoms with van der Waals surface area (Å²) in [6, 6.07) is 9.36. The fourth-order valence-electron chi connectivity index (χ4n) is 3.14. The molecule has 9 nitrogen and oxygen atoms in total. The van der Waals surface area contributed by atoms with Crippen molar-refractivity contribution >= 4 is 15.9 Å². The van der Waals surface area contributed by atoms with Gasteiger partial charge >= 0.3 is 0 Å². The molecule has 0 saturated heterocycles. The van der Waals surface area contributed by atoms with Gasteiger partial charge in [-0.05, 0) is 36.8 Å². The first-order valence-electron chi connectivity index (χ1n) is 9.63. The predicted octanol–water partition coefficient (Wildman–Crippen LogP) is 1.97. The maximum atomic E-state index is 12.9. The first-order valence-corrected chi connectivity index (χ1v) is 11.1. The van der Waals surface area contributed by atoms with Gasteiger partial charge in [0.2, 0.25) is 15.9 Å². The molecule has 0 saturated carbocycles. The standard InChI is InChI=1S/C21H26N2O7S/c1-14(15-5-7-18-20(11-15)30-10-9-29-18)22-21(24)13-23(2)31(25,26)16-6-8-17(27-3)19(12-16)28-4/h5-8,11-12,14H,9-10,13H2,1-4H3,(H,22,24). The number of rotatable bonds is 8. The van der Waals surface area contributed by atoms with E-state index in [9.17, 15) is 13.2 Å². The van der Waals surface area contributed by atoms with E-state index in [1.54, 1.807) is 6.07 Å². The Morgan fingerprint density at radius 3 is 2.42 bits per heavy atom. The number of nitrogens with zero attached hydrogens (tertiary/aromatic N) is 1. The lowest BCUT2D eigenvalue weighted by Crippen LogP contribution is -2.39. The van der Waals surface area contributed by atoms with E-state index in [1.807, 2.05) is 19.1 Å². The van der Waals surface area contributed by atoms with Gasteiger partial charge < -0.3 is 24.3 Å². The lowest BCUT2D eigenvalue weighted by molar-refractivity contribution is -0.121. The monoisotopic (exact) mass is 450 g/mol. The number of likely N-dealkylation sites (N-methyl/N-ethyl adjacent to an activating group) is 1. The normalized spacial score (nSPS) is 14.1. The summed E-state index contributed by atoms with van der Waals surface area (Å²) >= 11 is 0. The topological polar surface area (TPSA) is 103 Å². The molecular formula is C21H26N2O7S. The summed E-state index contributed by atoms with van der Waals surface area (Å²) in [5.41, 5.74) is 0.822. The summed E-state index contributed by atoms with van der Waals surface area (Å²) in [6.07, 6.45) is 0. The number of fused-ring (bicyclic) bond motifs is 1. The van der Waals surface area contributed by atoms with E-state index in [2.05, 4.69) is 5.32 Å². The van der Waals surface area contributed by atoms with E-state index in [0.717, 1.165) is 9.87 Å². The maximum absolute atomic E-state index is 12.9. The fourth-order valence-corrected chi connectivity index (χ4v) is 4.29. The van der Waals surface area contributed by atoms with Gasteiger partial charge in [-0.3, -0.25) is 4.79 Å². The highest BCUT2D eigenvalue weighted by atomic mass is 32.2. The van der Waals surface area contributed by atoms with Gasteiger partial charge in [-0.1, -0.05) is 6.07 Å². The van der Waals surface area contributed by atoms with E-state index >= 15 is 0 Å². The van der Waals surface area contributed by atoms with E-state index in [-0.39, 0.29) is 23.2 Å². The van der Waals surface area contributed by atoms with Crippen molar-refractivity contribution in [1.29, 1.82) is 0 Å². The highest BCUT2D eigenvalue weighted by Gasteiger charge is 2.25. The molecule has 1 unspecified atom stereocenters. The van der Waals surface area contributed by atoms with Crippen LogP contribution >= 0.6 is 0 Å². The Balaban J connectivity index is 1.67. The summed E-state index contributed by atoms with van der Waals surface area (Å²) in [6.45, 7) is 2.44. The lowest BCUT2D eigenvalue weighted by atomic mass is 10.1. The maximum Gasteiger partial charge on any atom is 0.243 e. The van der Waals surface area contributed by atoms with E-state index in [4.69, 9.17) is 18.9 Å². The number of ether oxygens (including phenoxy) is 4. The molecule has 2 aromatic rings. The van der Waals surface area contributed by atoms with Crippen LogP contribution < -0.4 is 24.3 Å². The highest BCUT2D eigenvalue weighted by molar-refractivity contribution is 7.89. The first kappa shape index (κ1) is 22.7. The van der Waals surface area contributed by atoms with Crippen molar-refractivity contribution in [3.05, 3.63) is 42.0 Å². The highest BCUT2D eigenvalue weighted by Crippen LogP contribution is 2.33. The summed E-state index contributed by atoms with van der Waals surface area (Å²) < 4.78 is 48.1. The van der Waals surface area contributed by atoms with Crippen LogP contribution in [0.5, 0.6) is 23.0 Å². The molecule has 0 aromatic heterocycles. The number of amides is 1. The van der Waals surface area contributed by atoms with Crippen molar-refractivity contribution in [3.63, 3.8) is 0 Å². The number of hydrogen-bond donors (Lipinski definition) is 1. The van der Waals surface area contributed by atoms with Crippen LogP contribution in [-0.2, 0) is 14.8 Å². The van der Waals surface area contributed by atoms with Crippen molar-refractivity contribution < 1.29 is 32.2 Å². The van der Waals surface area contributed by atoms with Crippen LogP contribution in [0.15, 0.2) is 41.3 Å². The zero-order valence-corrected chi connectivity index (χ0v) is 18.7. The molecule has 1 heterocycles. The van der Waals surface area contributed by atoms with Crippen molar-refractivity contribution in [1.82, 2.24) is 9.62 Å². The second-order valence-electron chi connectivity index (χ2n) is 6.97. The number of nitrogens with one attached hydrogen (secondary N) is 1. The Bertz CT molecular complexity index is 1060. The minimum Gasteiger partial charge on any atom is -0.493 e. The van der Waals surface area contributed by atoms with Crippen LogP contribution in [0, 0.1) is 0 Å². The third kappa shape index (κ3) is 5.02. The number of methoxy groups -OCH3 is 2. The van der Waals surface area contributed by atoms with Gasteiger partial charge in [-0.2, -0.15) is 4.31 Å². The number of carbonyl (C=O) groups is 1. The molecule has 0 radical (unpaired) electrons. The van der Waals surface area contributed by atoms with Gasteiger partial charge in [0.15, 0.2) is 23.0 Å². The van der Waals surface area contributed by atoms with Gasteiger partial charge in [-0.15, -0.1) is 0 Å². The molecular weight excluding hydrogens is 424 g/mol. The zero-order valence-electron chi connectivity index (χ0n) is 17.9. The molecule has 1 amide bonds. The summed E-state index contributed by atoms with van der Waals surface area (Å²) in [5.74, 6) is 1.55. The van der Waals surface area contributed by atoms with Gasteiger partial charge in [0.05, 0.1) is 31.7 Å². The number of sulfonamides is 1. The SMILES string of the molecule is COc1ccc(S(=O)(=O)N(C)CC(=O)NC(C)c2ccc3c(c2)OCCO3)cc1OC. The molecule has 10 heteroatoms. The molecule has 0 fully saturated rings. The van der Waals surface area contributed by atoms with Crippen LogP contribution in [0.4, 0.5) is 0 Å². The average Bonchev–Trinajstić information content (AvgIpc) is 2.77. The molecule has 1 N–H and O–H groups in total. The van der Waals surface area contributed by atoms with E-state index in [0.29, 0.717) is 30.5 Å². The Morgan fingerprint density at radius 1 is 1.06 bits per heavy atom. The van der Waals surface area contributed by atoms with Crippen molar-refractivity contribution in [3.8, 4) is 23.0 Å². The van der Waals surface area contributed by atoms with Crippen LogP contribution in [-0.4, -0.2) is 59.7 Å². The minimum atomic E-state index is -3.90. The minimum absolute atomic E-state index is 0.000310. The zero-order chi connectivity index (χ0) is 22.6. The molecule has 2 aromatic carbocycles. The predicted molar refractivity (Wildman–Crippen MR) is 113 cm³/mol. The third-order valence-electron chi connectivity index (χ3n) is 4.87. The number of carbonyl (C=O) groups excluding carboxylic acids is 1. The second-order valence-corrected chi connectivity index (χ2v) is 9.02. The smallest absolute Gasteiger partial charge is 0.243 e. The average molecular weight is 451 g/mol. The van der Waals surface area contributed by atoms with Crippen LogP contribution in [0.3, 0.4) is 0 Å². The third-order valence-corrected chi connectivity index (χ3v) is 6.67. The van der Waals surface area contributed by atoms with Gasteiger partial charge in [0.25, 0.3) is 0 Å². The lowest BCUT2D eigenvalue weighted by Gasteiger charge is -2.22. The van der Waals surface area contributed by atoms with Crippen molar-refractivity contribution in [2.75, 3.05) is 41.0 Å².